The van der Waals surface area contributed by atoms with Crippen LogP contribution in [0.5, 0.6) is 0 Å². The highest BCUT2D eigenvalue weighted by Gasteiger charge is 2.23. The van der Waals surface area contributed by atoms with E-state index in [0.29, 0.717) is 19.7 Å². The maximum Gasteiger partial charge on any atom is 0.409 e. The van der Waals surface area contributed by atoms with E-state index in [1.807, 2.05) is 31.2 Å². The van der Waals surface area contributed by atoms with Gasteiger partial charge in [-0.05, 0) is 42.9 Å². The third-order valence-corrected chi connectivity index (χ3v) is 4.61. The Morgan fingerprint density at radius 1 is 1.15 bits per heavy atom. The van der Waals surface area contributed by atoms with Gasteiger partial charge in [-0.2, -0.15) is 0 Å². The van der Waals surface area contributed by atoms with Gasteiger partial charge in [-0.1, -0.05) is 32.9 Å². The van der Waals surface area contributed by atoms with Crippen LogP contribution in [-0.2, 0) is 14.9 Å². The first kappa shape index (κ1) is 20.2. The minimum Gasteiger partial charge on any atom is -0.450 e. The van der Waals surface area contributed by atoms with Crippen LogP contribution in [0.4, 0.5) is 10.5 Å². The maximum atomic E-state index is 12.1. The summed E-state index contributed by atoms with van der Waals surface area (Å²) in [6.45, 7) is 10.3. The minimum absolute atomic E-state index is 0.0543. The Morgan fingerprint density at radius 3 is 2.31 bits per heavy atom. The van der Waals surface area contributed by atoms with Gasteiger partial charge in [0.25, 0.3) is 0 Å². The van der Waals surface area contributed by atoms with E-state index >= 15 is 0 Å². The topological polar surface area (TPSA) is 70.7 Å². The Bertz CT molecular complexity index is 600. The van der Waals surface area contributed by atoms with Crippen molar-refractivity contribution in [2.45, 2.75) is 52.0 Å². The average molecular weight is 361 g/mol. The predicted octanol–water partition coefficient (Wildman–Crippen LogP) is 3.13. The normalized spacial score (nSPS) is 15.6. The highest BCUT2D eigenvalue weighted by molar-refractivity contribution is 5.92. The highest BCUT2D eigenvalue weighted by atomic mass is 16.6. The number of nitrogens with one attached hydrogen (secondary N) is 2. The number of likely N-dealkylation sites (tertiary alicyclic amines) is 1. The monoisotopic (exact) mass is 361 g/mol. The van der Waals surface area contributed by atoms with Gasteiger partial charge in [-0.25, -0.2) is 4.79 Å². The van der Waals surface area contributed by atoms with Crippen molar-refractivity contribution >= 4 is 17.7 Å². The molecule has 1 aliphatic heterocycles. The lowest BCUT2D eigenvalue weighted by Crippen LogP contribution is -2.46. The Morgan fingerprint density at radius 2 is 1.77 bits per heavy atom. The molecule has 2 amide bonds. The van der Waals surface area contributed by atoms with Gasteiger partial charge >= 0.3 is 6.09 Å². The van der Waals surface area contributed by atoms with Crippen LogP contribution in [0.1, 0.15) is 46.1 Å². The standard InChI is InChI=1S/C20H31N3O3/c1-5-26-19(25)23-12-10-16(11-13-23)21-14-18(24)22-17-8-6-15(7-9-17)20(2,3)4/h6-9,16,21H,5,10-14H2,1-4H3,(H,22,24). The van der Waals surface area contributed by atoms with Crippen LogP contribution < -0.4 is 10.6 Å². The summed E-state index contributed by atoms with van der Waals surface area (Å²) >= 11 is 0. The van der Waals surface area contributed by atoms with Gasteiger partial charge in [0, 0.05) is 24.8 Å². The van der Waals surface area contributed by atoms with E-state index in [4.69, 9.17) is 4.74 Å². The molecule has 2 rings (SSSR count). The van der Waals surface area contributed by atoms with Crippen molar-refractivity contribution < 1.29 is 14.3 Å². The van der Waals surface area contributed by atoms with Crippen LogP contribution >= 0.6 is 0 Å². The maximum absolute atomic E-state index is 12.1. The molecule has 6 heteroatoms. The van der Waals surface area contributed by atoms with Crippen LogP contribution in [0.15, 0.2) is 24.3 Å². The first-order valence-electron chi connectivity index (χ1n) is 9.35. The van der Waals surface area contributed by atoms with Crippen LogP contribution in [-0.4, -0.2) is 49.2 Å². The zero-order valence-electron chi connectivity index (χ0n) is 16.3. The van der Waals surface area contributed by atoms with Gasteiger partial charge < -0.3 is 20.3 Å². The molecule has 1 aromatic carbocycles. The second kappa shape index (κ2) is 9.03. The van der Waals surface area contributed by atoms with Crippen LogP contribution in [0.3, 0.4) is 0 Å². The van der Waals surface area contributed by atoms with Crippen molar-refractivity contribution in [1.29, 1.82) is 0 Å². The van der Waals surface area contributed by atoms with Crippen molar-refractivity contribution in [3.63, 3.8) is 0 Å². The average Bonchev–Trinajstić information content (AvgIpc) is 2.60. The van der Waals surface area contributed by atoms with Gasteiger partial charge in [0.1, 0.15) is 0 Å². The van der Waals surface area contributed by atoms with E-state index in [1.165, 1.54) is 5.56 Å². The molecule has 1 fully saturated rings. The lowest BCUT2D eigenvalue weighted by molar-refractivity contribution is -0.115. The molecule has 6 nitrogen and oxygen atoms in total. The molecule has 1 heterocycles. The number of piperidine rings is 1. The molecule has 0 atom stereocenters. The molecule has 0 aliphatic carbocycles. The van der Waals surface area contributed by atoms with Gasteiger partial charge in [-0.15, -0.1) is 0 Å². The Kier molecular flexibility index (Phi) is 7.03. The molecule has 0 saturated carbocycles. The zero-order valence-corrected chi connectivity index (χ0v) is 16.3. The van der Waals surface area contributed by atoms with Crippen molar-refractivity contribution in [2.75, 3.05) is 31.6 Å². The first-order valence-corrected chi connectivity index (χ1v) is 9.35. The number of hydrogen-bond acceptors (Lipinski definition) is 4. The molecular formula is C20H31N3O3. The fourth-order valence-electron chi connectivity index (χ4n) is 2.98. The molecule has 0 bridgehead atoms. The number of hydrogen-bond donors (Lipinski definition) is 2. The summed E-state index contributed by atoms with van der Waals surface area (Å²) in [5.41, 5.74) is 2.15. The Hall–Kier alpha value is -2.08. The Labute approximate surface area is 156 Å². The smallest absolute Gasteiger partial charge is 0.409 e. The van der Waals surface area contributed by atoms with Crippen molar-refractivity contribution in [3.8, 4) is 0 Å². The zero-order chi connectivity index (χ0) is 19.2. The number of rotatable bonds is 5. The number of carbonyl (C=O) groups is 2. The summed E-state index contributed by atoms with van der Waals surface area (Å²) in [6.07, 6.45) is 1.40. The molecular weight excluding hydrogens is 330 g/mol. The summed E-state index contributed by atoms with van der Waals surface area (Å²) < 4.78 is 5.01. The minimum atomic E-state index is -0.248. The van der Waals surface area contributed by atoms with Gasteiger partial charge in [0.2, 0.25) is 5.91 Å². The summed E-state index contributed by atoms with van der Waals surface area (Å²) in [4.78, 5) is 25.5. The largest absolute Gasteiger partial charge is 0.450 e. The summed E-state index contributed by atoms with van der Waals surface area (Å²) in [6, 6.07) is 8.23. The number of amides is 2. The molecule has 1 saturated heterocycles. The summed E-state index contributed by atoms with van der Waals surface area (Å²) in [5.74, 6) is -0.0543. The lowest BCUT2D eigenvalue weighted by Gasteiger charge is -2.31. The predicted molar refractivity (Wildman–Crippen MR) is 103 cm³/mol. The number of anilines is 1. The van der Waals surface area contributed by atoms with E-state index in [-0.39, 0.29) is 30.0 Å². The quantitative estimate of drug-likeness (QED) is 0.845. The summed E-state index contributed by atoms with van der Waals surface area (Å²) in [7, 11) is 0. The molecule has 26 heavy (non-hydrogen) atoms. The van der Waals surface area contributed by atoms with Crippen molar-refractivity contribution in [3.05, 3.63) is 29.8 Å². The van der Waals surface area contributed by atoms with E-state index < -0.39 is 0 Å². The number of benzene rings is 1. The van der Waals surface area contributed by atoms with Crippen LogP contribution in [0, 0.1) is 0 Å². The molecule has 0 radical (unpaired) electrons. The number of ether oxygens (including phenoxy) is 1. The third-order valence-electron chi connectivity index (χ3n) is 4.61. The van der Waals surface area contributed by atoms with Gasteiger partial charge in [0.05, 0.1) is 13.2 Å². The molecule has 1 aromatic rings. The fourth-order valence-corrected chi connectivity index (χ4v) is 2.98. The highest BCUT2D eigenvalue weighted by Crippen LogP contribution is 2.23. The molecule has 2 N–H and O–H groups in total. The molecule has 0 unspecified atom stereocenters. The van der Waals surface area contributed by atoms with E-state index in [1.54, 1.807) is 4.90 Å². The fraction of sp³-hybridized carbons (Fsp3) is 0.600. The second-order valence-electron chi connectivity index (χ2n) is 7.72. The molecule has 0 aromatic heterocycles. The van der Waals surface area contributed by atoms with Crippen LogP contribution in [0.2, 0.25) is 0 Å². The SMILES string of the molecule is CCOC(=O)N1CCC(NCC(=O)Nc2ccc(C(C)(C)C)cc2)CC1. The first-order chi connectivity index (χ1) is 12.3. The van der Waals surface area contributed by atoms with E-state index in [0.717, 1.165) is 18.5 Å². The molecule has 144 valence electrons. The molecule has 0 spiro atoms. The molecule has 1 aliphatic rings. The van der Waals surface area contributed by atoms with Gasteiger partial charge in [0.15, 0.2) is 0 Å². The third kappa shape index (κ3) is 6.02. The second-order valence-corrected chi connectivity index (χ2v) is 7.72. The van der Waals surface area contributed by atoms with Crippen molar-refractivity contribution in [1.82, 2.24) is 10.2 Å². The number of nitrogens with zero attached hydrogens (tertiary/aromatic N) is 1. The lowest BCUT2D eigenvalue weighted by atomic mass is 9.87. The van der Waals surface area contributed by atoms with Crippen LogP contribution in [0.25, 0.3) is 0 Å². The van der Waals surface area contributed by atoms with Gasteiger partial charge in [-0.3, -0.25) is 4.79 Å². The number of carbonyl (C=O) groups excluding carboxylic acids is 2. The Balaban J connectivity index is 1.72. The van der Waals surface area contributed by atoms with E-state index in [2.05, 4.69) is 31.4 Å². The summed E-state index contributed by atoms with van der Waals surface area (Å²) in [5, 5.41) is 6.20. The van der Waals surface area contributed by atoms with E-state index in [9.17, 15) is 9.59 Å². The van der Waals surface area contributed by atoms with Crippen molar-refractivity contribution in [2.24, 2.45) is 0 Å².